The Morgan fingerprint density at radius 3 is 0.662 bits per heavy atom. The highest BCUT2D eigenvalue weighted by atomic mass is 16.6. The molecule has 0 aliphatic heterocycles. The van der Waals surface area contributed by atoms with Crippen LogP contribution in [-0.2, 0) is 28.6 Å². The molecule has 0 aliphatic carbocycles. The Morgan fingerprint density at radius 2 is 0.425 bits per heavy atom. The number of carbonyl (C=O) groups is 3. The molecule has 1 unspecified atom stereocenters. The van der Waals surface area contributed by atoms with Gasteiger partial charge in [0.15, 0.2) is 6.10 Å². The third-order valence-corrected chi connectivity index (χ3v) is 17.0. The van der Waals surface area contributed by atoms with Crippen molar-refractivity contribution >= 4 is 17.9 Å². The Morgan fingerprint density at radius 1 is 0.237 bits per heavy atom. The van der Waals surface area contributed by atoms with Crippen LogP contribution in [0.2, 0.25) is 0 Å². The first kappa shape index (κ1) is 78.1. The molecule has 0 heterocycles. The molecule has 0 saturated carbocycles. The van der Waals surface area contributed by atoms with E-state index >= 15 is 0 Å². The second-order valence-corrected chi connectivity index (χ2v) is 25.2. The van der Waals surface area contributed by atoms with Crippen molar-refractivity contribution in [2.45, 2.75) is 431 Å². The van der Waals surface area contributed by atoms with Gasteiger partial charge >= 0.3 is 17.9 Å². The van der Waals surface area contributed by atoms with E-state index in [0.717, 1.165) is 64.2 Å². The Bertz CT molecular complexity index is 1250. The monoisotopic (exact) mass is 1130 g/mol. The molecule has 0 amide bonds. The summed E-state index contributed by atoms with van der Waals surface area (Å²) in [5.74, 6) is -0.841. The third kappa shape index (κ3) is 66.9. The second kappa shape index (κ2) is 69.6. The zero-order valence-electron chi connectivity index (χ0n) is 54.6. The molecule has 0 N–H and O–H groups in total. The molecular weight excluding hydrogens is 985 g/mol. The van der Waals surface area contributed by atoms with Crippen molar-refractivity contribution in [1.82, 2.24) is 0 Å². The van der Waals surface area contributed by atoms with E-state index < -0.39 is 6.10 Å². The number of unbranched alkanes of at least 4 members (excludes halogenated alkanes) is 56. The van der Waals surface area contributed by atoms with E-state index in [4.69, 9.17) is 14.2 Å². The van der Waals surface area contributed by atoms with E-state index in [9.17, 15) is 14.4 Å². The SMILES string of the molecule is CCCC/C=C\CCCCCCCC(=O)OCC(COC(=O)CCCCCCCCCCCCCCCCCCCCCCCCCCCCCCC)OC(=O)CCCCCCCCCCCCCCCCCCCCCCCC. The van der Waals surface area contributed by atoms with Gasteiger partial charge < -0.3 is 14.2 Å². The first-order valence-electron chi connectivity index (χ1n) is 36.7. The minimum Gasteiger partial charge on any atom is -0.462 e. The van der Waals surface area contributed by atoms with Gasteiger partial charge in [0.05, 0.1) is 0 Å². The van der Waals surface area contributed by atoms with Crippen molar-refractivity contribution in [3.8, 4) is 0 Å². The van der Waals surface area contributed by atoms with E-state index in [-0.39, 0.29) is 31.1 Å². The van der Waals surface area contributed by atoms with E-state index in [2.05, 4.69) is 32.9 Å². The highest BCUT2D eigenvalue weighted by Crippen LogP contribution is 2.20. The Kier molecular flexibility index (Phi) is 68.0. The molecule has 0 aromatic carbocycles. The smallest absolute Gasteiger partial charge is 0.306 e. The minimum atomic E-state index is -0.769. The standard InChI is InChI=1S/C74H142O6/c1-4-7-10-13-16-19-22-24-26-28-30-32-34-35-36-37-38-39-40-42-43-45-47-49-52-55-58-61-64-67-73(76)79-70-71(69-78-72(75)66-63-60-57-54-51-21-18-15-12-9-6-3)80-74(77)68-65-62-59-56-53-50-48-46-44-41-33-31-29-27-25-23-20-17-14-11-8-5-2/h15,18,71H,4-14,16-17,19-70H2,1-3H3/b18-15-. The predicted molar refractivity (Wildman–Crippen MR) is 349 cm³/mol. The summed E-state index contributed by atoms with van der Waals surface area (Å²) in [5, 5.41) is 0. The normalized spacial score (nSPS) is 12.0. The highest BCUT2D eigenvalue weighted by molar-refractivity contribution is 5.71. The summed E-state index contributed by atoms with van der Waals surface area (Å²) in [6.07, 6.45) is 84.1. The summed E-state index contributed by atoms with van der Waals surface area (Å²) in [7, 11) is 0. The fourth-order valence-corrected chi connectivity index (χ4v) is 11.5. The van der Waals surface area contributed by atoms with Crippen LogP contribution in [0.5, 0.6) is 0 Å². The summed E-state index contributed by atoms with van der Waals surface area (Å²) in [6, 6.07) is 0. The first-order valence-corrected chi connectivity index (χ1v) is 36.7. The zero-order valence-corrected chi connectivity index (χ0v) is 54.6. The molecule has 0 fully saturated rings. The molecule has 0 radical (unpaired) electrons. The molecule has 0 saturated heterocycles. The topological polar surface area (TPSA) is 78.9 Å². The van der Waals surface area contributed by atoms with Crippen LogP contribution < -0.4 is 0 Å². The lowest BCUT2D eigenvalue weighted by Gasteiger charge is -2.18. The summed E-state index contributed by atoms with van der Waals surface area (Å²) in [6.45, 7) is 6.69. The fraction of sp³-hybridized carbons (Fsp3) is 0.932. The Hall–Kier alpha value is -1.85. The lowest BCUT2D eigenvalue weighted by atomic mass is 10.0. The van der Waals surface area contributed by atoms with Crippen LogP contribution in [0.3, 0.4) is 0 Å². The van der Waals surface area contributed by atoms with Crippen LogP contribution >= 0.6 is 0 Å². The van der Waals surface area contributed by atoms with Crippen LogP contribution in [0.25, 0.3) is 0 Å². The summed E-state index contributed by atoms with van der Waals surface area (Å²) >= 11 is 0. The summed E-state index contributed by atoms with van der Waals surface area (Å²) in [4.78, 5) is 38.4. The van der Waals surface area contributed by atoms with Gasteiger partial charge in [-0.1, -0.05) is 380 Å². The first-order chi connectivity index (χ1) is 39.5. The molecule has 1 atom stereocenters. The van der Waals surface area contributed by atoms with Crippen LogP contribution in [0.4, 0.5) is 0 Å². The summed E-state index contributed by atoms with van der Waals surface area (Å²) < 4.78 is 17.0. The fourth-order valence-electron chi connectivity index (χ4n) is 11.5. The second-order valence-electron chi connectivity index (χ2n) is 25.2. The van der Waals surface area contributed by atoms with Gasteiger partial charge in [-0.15, -0.1) is 0 Å². The zero-order chi connectivity index (χ0) is 57.8. The average Bonchev–Trinajstić information content (AvgIpc) is 3.46. The Labute approximate surface area is 501 Å². The quantitative estimate of drug-likeness (QED) is 0.0261. The molecule has 0 spiro atoms. The number of hydrogen-bond donors (Lipinski definition) is 0. The number of allylic oxidation sites excluding steroid dienone is 2. The van der Waals surface area contributed by atoms with Gasteiger partial charge in [-0.3, -0.25) is 14.4 Å². The third-order valence-electron chi connectivity index (χ3n) is 17.0. The summed E-state index contributed by atoms with van der Waals surface area (Å²) in [5.41, 5.74) is 0. The van der Waals surface area contributed by atoms with Crippen molar-refractivity contribution in [3.63, 3.8) is 0 Å². The van der Waals surface area contributed by atoms with E-state index in [1.165, 1.54) is 321 Å². The van der Waals surface area contributed by atoms with Crippen molar-refractivity contribution in [3.05, 3.63) is 12.2 Å². The van der Waals surface area contributed by atoms with Gasteiger partial charge in [0.1, 0.15) is 13.2 Å². The highest BCUT2D eigenvalue weighted by Gasteiger charge is 2.20. The maximum absolute atomic E-state index is 12.9. The predicted octanol–water partition coefficient (Wildman–Crippen LogP) is 25.2. The largest absolute Gasteiger partial charge is 0.462 e. The molecule has 0 aromatic rings. The van der Waals surface area contributed by atoms with Crippen LogP contribution in [0.1, 0.15) is 425 Å². The van der Waals surface area contributed by atoms with Crippen LogP contribution in [-0.4, -0.2) is 37.2 Å². The molecule has 6 heteroatoms. The van der Waals surface area contributed by atoms with Crippen LogP contribution in [0.15, 0.2) is 12.2 Å². The van der Waals surface area contributed by atoms with Crippen molar-refractivity contribution < 1.29 is 28.6 Å². The molecule has 0 bridgehead atoms. The maximum Gasteiger partial charge on any atom is 0.306 e. The van der Waals surface area contributed by atoms with Crippen molar-refractivity contribution in [2.75, 3.05) is 13.2 Å². The van der Waals surface area contributed by atoms with Crippen molar-refractivity contribution in [2.24, 2.45) is 0 Å². The lowest BCUT2D eigenvalue weighted by Crippen LogP contribution is -2.30. The molecular formula is C74H142O6. The lowest BCUT2D eigenvalue weighted by molar-refractivity contribution is -0.167. The number of hydrogen-bond acceptors (Lipinski definition) is 6. The van der Waals surface area contributed by atoms with Gasteiger partial charge in [-0.25, -0.2) is 0 Å². The van der Waals surface area contributed by atoms with E-state index in [1.807, 2.05) is 0 Å². The van der Waals surface area contributed by atoms with Crippen molar-refractivity contribution in [1.29, 1.82) is 0 Å². The molecule has 80 heavy (non-hydrogen) atoms. The molecule has 6 nitrogen and oxygen atoms in total. The van der Waals surface area contributed by atoms with Gasteiger partial charge in [0, 0.05) is 19.3 Å². The number of carbonyl (C=O) groups excluding carboxylic acids is 3. The molecule has 0 aromatic heterocycles. The number of rotatable bonds is 69. The Balaban J connectivity index is 4.10. The van der Waals surface area contributed by atoms with Gasteiger partial charge in [-0.2, -0.15) is 0 Å². The van der Waals surface area contributed by atoms with Gasteiger partial charge in [0.2, 0.25) is 0 Å². The number of ether oxygens (including phenoxy) is 3. The number of esters is 3. The molecule has 0 aliphatic rings. The molecule has 474 valence electrons. The average molecular weight is 1130 g/mol. The van der Waals surface area contributed by atoms with E-state index in [1.54, 1.807) is 0 Å². The van der Waals surface area contributed by atoms with Gasteiger partial charge in [0.25, 0.3) is 0 Å². The maximum atomic E-state index is 12.9. The molecule has 0 rings (SSSR count). The van der Waals surface area contributed by atoms with E-state index in [0.29, 0.717) is 19.3 Å². The van der Waals surface area contributed by atoms with Crippen LogP contribution in [0, 0.1) is 0 Å². The van der Waals surface area contributed by atoms with Gasteiger partial charge in [-0.05, 0) is 38.5 Å². The minimum absolute atomic E-state index is 0.0658.